The average Bonchev–Trinajstić information content (AvgIpc) is 2.56. The van der Waals surface area contributed by atoms with Gasteiger partial charge in [0.2, 0.25) is 0 Å². The molecule has 1 aromatic carbocycles. The lowest BCUT2D eigenvalue weighted by molar-refractivity contribution is 0.348. The van der Waals surface area contributed by atoms with Crippen molar-refractivity contribution in [2.45, 2.75) is 53.5 Å². The van der Waals surface area contributed by atoms with Gasteiger partial charge in [-0.25, -0.2) is 8.42 Å². The first kappa shape index (κ1) is 27.2. The fourth-order valence-corrected chi connectivity index (χ4v) is 3.69. The smallest absolute Gasteiger partial charge is 0.191 e. The van der Waals surface area contributed by atoms with E-state index < -0.39 is 9.84 Å². The first-order chi connectivity index (χ1) is 12.4. The van der Waals surface area contributed by atoms with Gasteiger partial charge in [0, 0.05) is 19.8 Å². The van der Waals surface area contributed by atoms with Gasteiger partial charge in [-0.2, -0.15) is 0 Å². The molecular weight excluding hydrogens is 485 g/mol. The van der Waals surface area contributed by atoms with Crippen molar-refractivity contribution in [2.75, 3.05) is 25.6 Å². The van der Waals surface area contributed by atoms with Crippen LogP contribution in [0.3, 0.4) is 0 Å². The van der Waals surface area contributed by atoms with Gasteiger partial charge in [-0.1, -0.05) is 52.0 Å². The van der Waals surface area contributed by atoms with E-state index in [2.05, 4.69) is 74.5 Å². The van der Waals surface area contributed by atoms with Crippen LogP contribution in [0.15, 0.2) is 29.3 Å². The van der Waals surface area contributed by atoms with Gasteiger partial charge in [-0.15, -0.1) is 24.0 Å². The second kappa shape index (κ2) is 12.0. The molecule has 5 nitrogen and oxygen atoms in total. The van der Waals surface area contributed by atoms with Crippen molar-refractivity contribution in [1.29, 1.82) is 0 Å². The number of guanidine groups is 1. The Morgan fingerprint density at radius 3 is 2.18 bits per heavy atom. The van der Waals surface area contributed by atoms with E-state index in [0.29, 0.717) is 18.9 Å². The Morgan fingerprint density at radius 1 is 1.14 bits per heavy atom. The molecule has 28 heavy (non-hydrogen) atoms. The number of halogens is 1. The van der Waals surface area contributed by atoms with E-state index >= 15 is 0 Å². The zero-order valence-electron chi connectivity index (χ0n) is 18.4. The van der Waals surface area contributed by atoms with Crippen LogP contribution in [0.1, 0.15) is 58.2 Å². The SMILES string of the molecule is CN=C(NCC(C)(C)CCS(C)(=O)=O)NC(C)c1ccc(CC(C)C)cc1.I. The minimum atomic E-state index is -2.94. The number of hydrogen-bond donors (Lipinski definition) is 2. The van der Waals surface area contributed by atoms with Crippen molar-refractivity contribution in [1.82, 2.24) is 10.6 Å². The summed E-state index contributed by atoms with van der Waals surface area (Å²) in [5.41, 5.74) is 2.43. The molecule has 0 spiro atoms. The van der Waals surface area contributed by atoms with Crippen LogP contribution in [0, 0.1) is 11.3 Å². The predicted molar refractivity (Wildman–Crippen MR) is 131 cm³/mol. The Bertz CT molecular complexity index is 714. The maximum atomic E-state index is 11.4. The largest absolute Gasteiger partial charge is 0.356 e. The van der Waals surface area contributed by atoms with Crippen molar-refractivity contribution in [3.8, 4) is 0 Å². The van der Waals surface area contributed by atoms with E-state index in [4.69, 9.17) is 0 Å². The number of rotatable bonds is 9. The second-order valence-corrected chi connectivity index (χ2v) is 10.9. The predicted octanol–water partition coefficient (Wildman–Crippen LogP) is 4.19. The molecular formula is C21H38IN3O2S. The van der Waals surface area contributed by atoms with E-state index in [0.717, 1.165) is 12.4 Å². The number of aliphatic imine (C=N–C) groups is 1. The van der Waals surface area contributed by atoms with E-state index in [-0.39, 0.29) is 41.2 Å². The molecule has 0 saturated heterocycles. The molecule has 0 aliphatic heterocycles. The molecule has 2 N–H and O–H groups in total. The maximum absolute atomic E-state index is 11.4. The third kappa shape index (κ3) is 11.2. The van der Waals surface area contributed by atoms with Crippen molar-refractivity contribution in [2.24, 2.45) is 16.3 Å². The molecule has 1 rings (SSSR count). The summed E-state index contributed by atoms with van der Waals surface area (Å²) in [6, 6.07) is 8.84. The van der Waals surface area contributed by atoms with Gasteiger partial charge in [0.15, 0.2) is 5.96 Å². The average molecular weight is 524 g/mol. The first-order valence-corrected chi connectivity index (χ1v) is 11.7. The molecule has 1 atom stereocenters. The standard InChI is InChI=1S/C21H37N3O2S.HI/c1-16(2)14-18-8-10-19(11-9-18)17(3)24-20(22-6)23-15-21(4,5)12-13-27(7,25)26;/h8-11,16-17H,12-15H2,1-7H3,(H2,22,23,24);1H. The highest BCUT2D eigenvalue weighted by atomic mass is 127. The molecule has 0 heterocycles. The van der Waals surface area contributed by atoms with Crippen LogP contribution in [0.4, 0.5) is 0 Å². The van der Waals surface area contributed by atoms with Gasteiger partial charge < -0.3 is 10.6 Å². The highest BCUT2D eigenvalue weighted by Gasteiger charge is 2.21. The summed E-state index contributed by atoms with van der Waals surface area (Å²) in [7, 11) is -1.19. The van der Waals surface area contributed by atoms with E-state index in [1.54, 1.807) is 7.05 Å². The van der Waals surface area contributed by atoms with Crippen LogP contribution >= 0.6 is 24.0 Å². The topological polar surface area (TPSA) is 70.6 Å². The molecule has 1 aromatic rings. The summed E-state index contributed by atoms with van der Waals surface area (Å²) in [5, 5.41) is 6.74. The Labute approximate surface area is 189 Å². The van der Waals surface area contributed by atoms with Crippen LogP contribution in [-0.4, -0.2) is 40.0 Å². The van der Waals surface area contributed by atoms with Gasteiger partial charge >= 0.3 is 0 Å². The monoisotopic (exact) mass is 523 g/mol. The quantitative estimate of drug-likeness (QED) is 0.289. The molecule has 0 radical (unpaired) electrons. The second-order valence-electron chi connectivity index (χ2n) is 8.68. The van der Waals surface area contributed by atoms with E-state index in [1.807, 2.05) is 0 Å². The molecule has 0 aliphatic rings. The molecule has 7 heteroatoms. The fraction of sp³-hybridized carbons (Fsp3) is 0.667. The fourth-order valence-electron chi connectivity index (χ4n) is 2.77. The summed E-state index contributed by atoms with van der Waals surface area (Å²) < 4.78 is 22.8. The van der Waals surface area contributed by atoms with Crippen LogP contribution in [0.2, 0.25) is 0 Å². The molecule has 0 amide bonds. The van der Waals surface area contributed by atoms with Gasteiger partial charge in [0.25, 0.3) is 0 Å². The lowest BCUT2D eigenvalue weighted by atomic mass is 9.90. The van der Waals surface area contributed by atoms with Crippen LogP contribution in [-0.2, 0) is 16.3 Å². The van der Waals surface area contributed by atoms with E-state index in [9.17, 15) is 8.42 Å². The third-order valence-electron chi connectivity index (χ3n) is 4.58. The highest BCUT2D eigenvalue weighted by molar-refractivity contribution is 14.0. The minimum absolute atomic E-state index is 0. The third-order valence-corrected chi connectivity index (χ3v) is 5.53. The van der Waals surface area contributed by atoms with E-state index in [1.165, 1.54) is 17.4 Å². The molecule has 0 aromatic heterocycles. The van der Waals surface area contributed by atoms with Crippen molar-refractivity contribution < 1.29 is 8.42 Å². The van der Waals surface area contributed by atoms with Crippen molar-refractivity contribution in [3.63, 3.8) is 0 Å². The number of nitrogens with one attached hydrogen (secondary N) is 2. The first-order valence-electron chi connectivity index (χ1n) is 9.65. The molecule has 0 saturated carbocycles. The van der Waals surface area contributed by atoms with Gasteiger partial charge in [-0.3, -0.25) is 4.99 Å². The lowest BCUT2D eigenvalue weighted by Gasteiger charge is -2.27. The van der Waals surface area contributed by atoms with Gasteiger partial charge in [0.05, 0.1) is 11.8 Å². The van der Waals surface area contributed by atoms with Crippen LogP contribution in [0.5, 0.6) is 0 Å². The molecule has 1 unspecified atom stereocenters. The van der Waals surface area contributed by atoms with Crippen molar-refractivity contribution >= 4 is 39.8 Å². The summed E-state index contributed by atoms with van der Waals surface area (Å²) in [4.78, 5) is 4.30. The molecule has 0 aliphatic carbocycles. The Balaban J connectivity index is 0.00000729. The Kier molecular flexibility index (Phi) is 11.6. The van der Waals surface area contributed by atoms with Crippen LogP contribution in [0.25, 0.3) is 0 Å². The molecule has 162 valence electrons. The zero-order valence-corrected chi connectivity index (χ0v) is 21.5. The molecule has 0 fully saturated rings. The zero-order chi connectivity index (χ0) is 20.7. The Morgan fingerprint density at radius 2 is 1.71 bits per heavy atom. The van der Waals surface area contributed by atoms with Gasteiger partial charge in [-0.05, 0) is 42.2 Å². The maximum Gasteiger partial charge on any atom is 0.191 e. The van der Waals surface area contributed by atoms with Crippen molar-refractivity contribution in [3.05, 3.63) is 35.4 Å². The minimum Gasteiger partial charge on any atom is -0.356 e. The summed E-state index contributed by atoms with van der Waals surface area (Å²) in [6.45, 7) is 11.3. The Hall–Kier alpha value is -0.830. The summed E-state index contributed by atoms with van der Waals surface area (Å²) in [5.74, 6) is 1.58. The summed E-state index contributed by atoms with van der Waals surface area (Å²) >= 11 is 0. The molecule has 0 bridgehead atoms. The van der Waals surface area contributed by atoms with Crippen LogP contribution < -0.4 is 10.6 Å². The number of hydrogen-bond acceptors (Lipinski definition) is 3. The highest BCUT2D eigenvalue weighted by Crippen LogP contribution is 2.20. The normalized spacial score (nSPS) is 13.8. The number of nitrogens with zero attached hydrogens (tertiary/aromatic N) is 1. The van der Waals surface area contributed by atoms with Gasteiger partial charge in [0.1, 0.15) is 9.84 Å². The summed E-state index contributed by atoms with van der Waals surface area (Å²) in [6.07, 6.45) is 2.99. The lowest BCUT2D eigenvalue weighted by Crippen LogP contribution is -2.43. The number of benzene rings is 1. The number of sulfone groups is 1.